The summed E-state index contributed by atoms with van der Waals surface area (Å²) in [6.45, 7) is 16.1. The molecule has 0 saturated carbocycles. The monoisotopic (exact) mass is 1060 g/mol. The van der Waals surface area contributed by atoms with Gasteiger partial charge in [0.2, 0.25) is 0 Å². The van der Waals surface area contributed by atoms with Gasteiger partial charge >= 0.3 is 0 Å². The summed E-state index contributed by atoms with van der Waals surface area (Å²) in [6.07, 6.45) is 2.02. The van der Waals surface area contributed by atoms with E-state index in [1.165, 1.54) is 43.9 Å². The first kappa shape index (κ1) is 45.5. The van der Waals surface area contributed by atoms with Crippen molar-refractivity contribution in [1.29, 1.82) is 0 Å². The number of hydrogen-bond acceptors (Lipinski definition) is 3. The zero-order valence-electron chi connectivity index (χ0n) is 39.1. The van der Waals surface area contributed by atoms with Gasteiger partial charge < -0.3 is 14.0 Å². The molecule has 11 aromatic rings. The van der Waals surface area contributed by atoms with Crippen molar-refractivity contribution in [2.75, 3.05) is 0 Å². The Hall–Kier alpha value is -6.69. The summed E-state index contributed by atoms with van der Waals surface area (Å²) < 4.78 is 9.24. The van der Waals surface area contributed by atoms with Gasteiger partial charge in [0.25, 0.3) is 0 Å². The number of rotatable bonds is 8. The number of benzene rings is 8. The van der Waals surface area contributed by atoms with Crippen molar-refractivity contribution in [1.82, 2.24) is 14.5 Å². The van der Waals surface area contributed by atoms with Gasteiger partial charge in [-0.25, -0.2) is 0 Å². The van der Waals surface area contributed by atoms with E-state index in [2.05, 4.69) is 215 Å². The molecule has 0 N–H and O–H groups in total. The van der Waals surface area contributed by atoms with Gasteiger partial charge in [-0.3, -0.25) is 4.98 Å². The summed E-state index contributed by atoms with van der Waals surface area (Å²) in [5, 5.41) is 5.91. The smallest absolute Gasteiger partial charge is 0.121 e. The zero-order chi connectivity index (χ0) is 45.5. The van der Waals surface area contributed by atoms with Crippen molar-refractivity contribution in [3.05, 3.63) is 205 Å². The Labute approximate surface area is 408 Å². The van der Waals surface area contributed by atoms with Gasteiger partial charge in [-0.1, -0.05) is 186 Å². The predicted molar refractivity (Wildman–Crippen MR) is 281 cm³/mol. The number of nitrogens with zero attached hydrogens (tertiary/aromatic N) is 3. The second-order valence-corrected chi connectivity index (χ2v) is 23.9. The Kier molecular flexibility index (Phi) is 12.8. The van der Waals surface area contributed by atoms with Crippen LogP contribution in [0.1, 0.15) is 50.7 Å². The first-order valence-electron chi connectivity index (χ1n) is 23.0. The number of para-hydroxylation sites is 1. The fraction of sp³-hybridized carbons (Fsp3) is 0.148. The molecule has 4 nitrogen and oxygen atoms in total. The molecule has 0 aliphatic heterocycles. The second kappa shape index (κ2) is 18.9. The van der Waals surface area contributed by atoms with Gasteiger partial charge in [-0.15, -0.1) is 54.1 Å². The van der Waals surface area contributed by atoms with Crippen LogP contribution in [0.25, 0.3) is 94.3 Å². The van der Waals surface area contributed by atoms with Crippen LogP contribution in [0.4, 0.5) is 0 Å². The summed E-state index contributed by atoms with van der Waals surface area (Å²) in [6, 6.07) is 68.7. The van der Waals surface area contributed by atoms with Crippen molar-refractivity contribution in [2.24, 2.45) is 0 Å². The van der Waals surface area contributed by atoms with E-state index < -0.39 is 8.07 Å². The second-order valence-electron chi connectivity index (χ2n) is 18.8. The normalized spacial score (nSPS) is 11.7. The van der Waals surface area contributed by atoms with E-state index in [0.29, 0.717) is 11.8 Å². The number of hydrogen-bond donors (Lipinski definition) is 0. The van der Waals surface area contributed by atoms with Gasteiger partial charge in [0, 0.05) is 42.8 Å². The molecule has 0 aliphatic rings. The minimum atomic E-state index is -1.23. The van der Waals surface area contributed by atoms with Crippen molar-refractivity contribution in [3.8, 4) is 50.6 Å². The molecule has 11 rings (SSSR count). The number of aromatic nitrogens is 3. The number of imidazole rings is 1. The van der Waals surface area contributed by atoms with Crippen molar-refractivity contribution in [3.63, 3.8) is 0 Å². The minimum absolute atomic E-state index is 0. The molecule has 0 atom stereocenters. The SMILES string of the molecule is CC(C)c1cccc(C(C)C)c1-n1c(-c2[c-]ccc3c2oc2cc(-c4ccc(-c5ccccc5)cc4)ccc23)nc2ccc3ccccc3c21.C[Si](C)(C)c1ccc(-c2[c-]cccc2)nc1.[Ir]. The molecule has 0 bridgehead atoms. The van der Waals surface area contributed by atoms with E-state index in [1.807, 2.05) is 36.5 Å². The van der Waals surface area contributed by atoms with Crippen LogP contribution in [0, 0.1) is 12.1 Å². The average Bonchev–Trinajstić information content (AvgIpc) is 3.93. The molecule has 1 radical (unpaired) electrons. The van der Waals surface area contributed by atoms with Crippen molar-refractivity contribution < 1.29 is 24.5 Å². The number of fused-ring (bicyclic) bond motifs is 6. The van der Waals surface area contributed by atoms with Gasteiger partial charge in [-0.05, 0) is 73.6 Å². The first-order valence-corrected chi connectivity index (χ1v) is 26.5. The van der Waals surface area contributed by atoms with Gasteiger partial charge in [-0.2, -0.15) is 0 Å². The van der Waals surface area contributed by atoms with Crippen LogP contribution >= 0.6 is 0 Å². The molecular formula is C61H53IrN3OSi-2. The molecule has 8 aromatic carbocycles. The molecule has 6 heteroatoms. The fourth-order valence-corrected chi connectivity index (χ4v) is 10.2. The van der Waals surface area contributed by atoms with Crippen LogP contribution < -0.4 is 5.19 Å². The fourth-order valence-electron chi connectivity index (χ4n) is 9.12. The number of furan rings is 1. The number of pyridine rings is 1. The van der Waals surface area contributed by atoms with Gasteiger partial charge in [0.05, 0.1) is 30.5 Å². The van der Waals surface area contributed by atoms with Gasteiger partial charge in [0.1, 0.15) is 5.58 Å². The van der Waals surface area contributed by atoms with Crippen LogP contribution in [-0.2, 0) is 20.1 Å². The largest absolute Gasteiger partial charge is 0.501 e. The molecular weight excluding hydrogens is 1010 g/mol. The zero-order valence-corrected chi connectivity index (χ0v) is 42.5. The van der Waals surface area contributed by atoms with E-state index in [9.17, 15) is 0 Å². The Morgan fingerprint density at radius 3 is 1.91 bits per heavy atom. The van der Waals surface area contributed by atoms with Crippen molar-refractivity contribution in [2.45, 2.75) is 59.2 Å². The van der Waals surface area contributed by atoms with Crippen LogP contribution in [0.2, 0.25) is 19.6 Å². The van der Waals surface area contributed by atoms with Crippen LogP contribution in [0.15, 0.2) is 187 Å². The molecule has 67 heavy (non-hydrogen) atoms. The third-order valence-electron chi connectivity index (χ3n) is 12.7. The average molecular weight is 1060 g/mol. The first-order chi connectivity index (χ1) is 32.0. The molecule has 333 valence electrons. The maximum absolute atomic E-state index is 6.84. The Morgan fingerprint density at radius 1 is 0.567 bits per heavy atom. The summed E-state index contributed by atoms with van der Waals surface area (Å²) >= 11 is 0. The summed E-state index contributed by atoms with van der Waals surface area (Å²) in [4.78, 5) is 9.92. The third kappa shape index (κ3) is 8.85. The Morgan fingerprint density at radius 2 is 1.24 bits per heavy atom. The topological polar surface area (TPSA) is 43.9 Å². The maximum atomic E-state index is 6.84. The quantitative estimate of drug-likeness (QED) is 0.113. The molecule has 0 fully saturated rings. The summed E-state index contributed by atoms with van der Waals surface area (Å²) in [7, 11) is -1.23. The van der Waals surface area contributed by atoms with Crippen molar-refractivity contribution >= 4 is 57.0 Å². The maximum Gasteiger partial charge on any atom is 0.121 e. The summed E-state index contributed by atoms with van der Waals surface area (Å²) in [5.74, 6) is 1.47. The van der Waals surface area contributed by atoms with E-state index in [0.717, 1.165) is 66.7 Å². The summed E-state index contributed by atoms with van der Waals surface area (Å²) in [5.41, 5.74) is 15.1. The molecule has 3 aromatic heterocycles. The minimum Gasteiger partial charge on any atom is -0.501 e. The van der Waals surface area contributed by atoms with Crippen LogP contribution in [-0.4, -0.2) is 22.6 Å². The molecule has 0 saturated heterocycles. The van der Waals surface area contributed by atoms with E-state index in [-0.39, 0.29) is 20.1 Å². The Bertz CT molecular complexity index is 3470. The van der Waals surface area contributed by atoms with E-state index in [4.69, 9.17) is 9.40 Å². The standard InChI is InChI=1S/C47H37N2O.C14H16NSi.Ir/c1-29(2)36-16-10-17-37(30(3)4)44(36)49-45-38-15-9-8-14-34(38)25-27-42(45)48-47(49)41-19-11-18-40-39-26-24-35(28-43(39)50-46(40)41)33-22-20-32(21-23-33)31-12-6-5-7-13-31;1-16(2,3)13-9-10-14(15-11-13)12-7-5-4-6-8-12;/h5-18,20-30H,1-4H3;4-7,9-11H,1-3H3;/q2*-1;. The van der Waals surface area contributed by atoms with E-state index >= 15 is 0 Å². The predicted octanol–water partition coefficient (Wildman–Crippen LogP) is 16.2. The molecule has 0 spiro atoms. The molecule has 0 unspecified atom stereocenters. The molecule has 3 heterocycles. The molecule has 0 amide bonds. The van der Waals surface area contributed by atoms with Gasteiger partial charge in [0.15, 0.2) is 0 Å². The molecule has 0 aliphatic carbocycles. The van der Waals surface area contributed by atoms with Crippen LogP contribution in [0.5, 0.6) is 0 Å². The van der Waals surface area contributed by atoms with Crippen LogP contribution in [0.3, 0.4) is 0 Å². The van der Waals surface area contributed by atoms with E-state index in [1.54, 1.807) is 0 Å². The Balaban J connectivity index is 0.000000281. The third-order valence-corrected chi connectivity index (χ3v) is 14.7.